The lowest BCUT2D eigenvalue weighted by Crippen LogP contribution is -2.30. The van der Waals surface area contributed by atoms with E-state index < -0.39 is 0 Å². The molecule has 0 aliphatic carbocycles. The first kappa shape index (κ1) is 16.9. The number of H-pyrrole nitrogens is 1. The van der Waals surface area contributed by atoms with Gasteiger partial charge in [-0.2, -0.15) is 0 Å². The summed E-state index contributed by atoms with van der Waals surface area (Å²) >= 11 is 0. The standard InChI is InChI=1S/C20H22N2O3/c1-14-7-8-18(19(11-14)24-2)25-13-20(23)21-10-9-15-12-22-17-6-4-3-5-16(15)17/h3-8,11-12,22H,9-10,13H2,1-2H3,(H,21,23). The Hall–Kier alpha value is -2.95. The van der Waals surface area contributed by atoms with E-state index in [2.05, 4.69) is 16.4 Å². The van der Waals surface area contributed by atoms with Crippen LogP contribution in [0.3, 0.4) is 0 Å². The average molecular weight is 338 g/mol. The first-order valence-electron chi connectivity index (χ1n) is 8.26. The summed E-state index contributed by atoms with van der Waals surface area (Å²) in [6, 6.07) is 13.8. The second-order valence-electron chi connectivity index (χ2n) is 5.90. The van der Waals surface area contributed by atoms with Crippen molar-refractivity contribution in [3.05, 3.63) is 59.8 Å². The molecule has 5 nitrogen and oxygen atoms in total. The molecule has 5 heteroatoms. The average Bonchev–Trinajstić information content (AvgIpc) is 3.04. The van der Waals surface area contributed by atoms with E-state index in [0.717, 1.165) is 17.5 Å². The summed E-state index contributed by atoms with van der Waals surface area (Å²) in [7, 11) is 1.59. The number of hydrogen-bond donors (Lipinski definition) is 2. The number of nitrogens with one attached hydrogen (secondary N) is 2. The van der Waals surface area contributed by atoms with Crippen LogP contribution in [0.1, 0.15) is 11.1 Å². The molecule has 0 unspecified atom stereocenters. The van der Waals surface area contributed by atoms with Crippen molar-refractivity contribution in [1.82, 2.24) is 10.3 Å². The maximum absolute atomic E-state index is 12.0. The number of methoxy groups -OCH3 is 1. The lowest BCUT2D eigenvalue weighted by atomic mass is 10.1. The van der Waals surface area contributed by atoms with Crippen LogP contribution in [0.5, 0.6) is 11.5 Å². The molecular weight excluding hydrogens is 316 g/mol. The number of carbonyl (C=O) groups excluding carboxylic acids is 1. The third-order valence-electron chi connectivity index (χ3n) is 4.07. The van der Waals surface area contributed by atoms with Crippen molar-refractivity contribution in [3.63, 3.8) is 0 Å². The van der Waals surface area contributed by atoms with Gasteiger partial charge < -0.3 is 19.8 Å². The van der Waals surface area contributed by atoms with Crippen LogP contribution in [0, 0.1) is 6.92 Å². The topological polar surface area (TPSA) is 63.4 Å². The molecule has 0 spiro atoms. The molecule has 3 rings (SSSR count). The molecule has 130 valence electrons. The molecule has 1 amide bonds. The zero-order valence-corrected chi connectivity index (χ0v) is 14.5. The molecule has 2 N–H and O–H groups in total. The van der Waals surface area contributed by atoms with E-state index in [-0.39, 0.29) is 12.5 Å². The fourth-order valence-electron chi connectivity index (χ4n) is 2.76. The molecule has 2 aromatic carbocycles. The van der Waals surface area contributed by atoms with Gasteiger partial charge in [-0.25, -0.2) is 0 Å². The van der Waals surface area contributed by atoms with E-state index in [1.54, 1.807) is 7.11 Å². The molecular formula is C20H22N2O3. The van der Waals surface area contributed by atoms with Gasteiger partial charge in [0, 0.05) is 23.6 Å². The second-order valence-corrected chi connectivity index (χ2v) is 5.90. The van der Waals surface area contributed by atoms with Gasteiger partial charge in [0.15, 0.2) is 18.1 Å². The number of para-hydroxylation sites is 1. The monoisotopic (exact) mass is 338 g/mol. The van der Waals surface area contributed by atoms with Gasteiger partial charge in [-0.15, -0.1) is 0 Å². The number of benzene rings is 2. The second kappa shape index (κ2) is 7.75. The van der Waals surface area contributed by atoms with E-state index in [9.17, 15) is 4.79 Å². The third-order valence-corrected chi connectivity index (χ3v) is 4.07. The Balaban J connectivity index is 1.49. The predicted molar refractivity (Wildman–Crippen MR) is 98.2 cm³/mol. The van der Waals surface area contributed by atoms with Crippen molar-refractivity contribution in [2.75, 3.05) is 20.3 Å². The summed E-state index contributed by atoms with van der Waals surface area (Å²) in [6.07, 6.45) is 2.76. The smallest absolute Gasteiger partial charge is 0.257 e. The lowest BCUT2D eigenvalue weighted by Gasteiger charge is -2.11. The summed E-state index contributed by atoms with van der Waals surface area (Å²) in [5.74, 6) is 1.05. The van der Waals surface area contributed by atoms with Crippen molar-refractivity contribution in [2.45, 2.75) is 13.3 Å². The van der Waals surface area contributed by atoms with E-state index >= 15 is 0 Å². The normalized spacial score (nSPS) is 10.6. The van der Waals surface area contributed by atoms with Gasteiger partial charge in [0.2, 0.25) is 0 Å². The molecule has 0 aliphatic rings. The van der Waals surface area contributed by atoms with E-state index in [1.165, 1.54) is 10.9 Å². The number of carbonyl (C=O) groups is 1. The number of rotatable bonds is 7. The van der Waals surface area contributed by atoms with Gasteiger partial charge in [-0.05, 0) is 42.7 Å². The SMILES string of the molecule is COc1cc(C)ccc1OCC(=O)NCCc1c[nH]c2ccccc12. The number of aromatic nitrogens is 1. The molecule has 0 saturated carbocycles. The molecule has 1 heterocycles. The Kier molecular flexibility index (Phi) is 5.23. The molecule has 0 saturated heterocycles. The van der Waals surface area contributed by atoms with Gasteiger partial charge in [0.25, 0.3) is 5.91 Å². The predicted octanol–water partition coefficient (Wildman–Crippen LogP) is 3.22. The molecule has 0 bridgehead atoms. The van der Waals surface area contributed by atoms with E-state index in [4.69, 9.17) is 9.47 Å². The zero-order valence-electron chi connectivity index (χ0n) is 14.5. The largest absolute Gasteiger partial charge is 0.493 e. The third kappa shape index (κ3) is 4.12. The van der Waals surface area contributed by atoms with Crippen molar-refractivity contribution < 1.29 is 14.3 Å². The Labute approximate surface area is 147 Å². The highest BCUT2D eigenvalue weighted by Crippen LogP contribution is 2.27. The first-order chi connectivity index (χ1) is 12.2. The molecule has 0 aliphatic heterocycles. The minimum Gasteiger partial charge on any atom is -0.493 e. The number of hydrogen-bond acceptors (Lipinski definition) is 3. The molecule has 0 fully saturated rings. The van der Waals surface area contributed by atoms with Crippen molar-refractivity contribution in [3.8, 4) is 11.5 Å². The van der Waals surface area contributed by atoms with Gasteiger partial charge in [0.05, 0.1) is 7.11 Å². The number of aryl methyl sites for hydroxylation is 1. The zero-order chi connectivity index (χ0) is 17.6. The molecule has 0 atom stereocenters. The molecule has 1 aromatic heterocycles. The van der Waals surface area contributed by atoms with Gasteiger partial charge in [-0.3, -0.25) is 4.79 Å². The first-order valence-corrected chi connectivity index (χ1v) is 8.26. The van der Waals surface area contributed by atoms with Crippen LogP contribution in [0.2, 0.25) is 0 Å². The summed E-state index contributed by atoms with van der Waals surface area (Å²) in [5.41, 5.74) is 3.38. The summed E-state index contributed by atoms with van der Waals surface area (Å²) < 4.78 is 10.8. The maximum atomic E-state index is 12.0. The van der Waals surface area contributed by atoms with E-state index in [0.29, 0.717) is 18.0 Å². The quantitative estimate of drug-likeness (QED) is 0.695. The van der Waals surface area contributed by atoms with Crippen LogP contribution >= 0.6 is 0 Å². The van der Waals surface area contributed by atoms with Crippen LogP contribution in [-0.2, 0) is 11.2 Å². The number of ether oxygens (including phenoxy) is 2. The molecule has 0 radical (unpaired) electrons. The summed E-state index contributed by atoms with van der Waals surface area (Å²) in [6.45, 7) is 2.51. The minimum atomic E-state index is -0.150. The Bertz CT molecular complexity index is 870. The lowest BCUT2D eigenvalue weighted by molar-refractivity contribution is -0.123. The Morgan fingerprint density at radius 2 is 2.00 bits per heavy atom. The highest BCUT2D eigenvalue weighted by atomic mass is 16.5. The van der Waals surface area contributed by atoms with Crippen LogP contribution in [-0.4, -0.2) is 31.2 Å². The van der Waals surface area contributed by atoms with Crippen molar-refractivity contribution in [2.24, 2.45) is 0 Å². The van der Waals surface area contributed by atoms with Gasteiger partial charge in [-0.1, -0.05) is 24.3 Å². The summed E-state index contributed by atoms with van der Waals surface area (Å²) in [4.78, 5) is 15.2. The van der Waals surface area contributed by atoms with Crippen molar-refractivity contribution in [1.29, 1.82) is 0 Å². The highest BCUT2D eigenvalue weighted by Gasteiger charge is 2.08. The maximum Gasteiger partial charge on any atom is 0.257 e. The molecule has 25 heavy (non-hydrogen) atoms. The number of amides is 1. The number of fused-ring (bicyclic) bond motifs is 1. The van der Waals surface area contributed by atoms with Gasteiger partial charge >= 0.3 is 0 Å². The van der Waals surface area contributed by atoms with Crippen LogP contribution < -0.4 is 14.8 Å². The molecule has 3 aromatic rings. The van der Waals surface area contributed by atoms with Gasteiger partial charge in [0.1, 0.15) is 0 Å². The van der Waals surface area contributed by atoms with Crippen LogP contribution in [0.15, 0.2) is 48.7 Å². The summed E-state index contributed by atoms with van der Waals surface area (Å²) in [5, 5.41) is 4.08. The highest BCUT2D eigenvalue weighted by molar-refractivity contribution is 5.83. The minimum absolute atomic E-state index is 0.0344. The Morgan fingerprint density at radius 1 is 1.16 bits per heavy atom. The van der Waals surface area contributed by atoms with Crippen LogP contribution in [0.25, 0.3) is 10.9 Å². The van der Waals surface area contributed by atoms with Crippen LogP contribution in [0.4, 0.5) is 0 Å². The number of aromatic amines is 1. The van der Waals surface area contributed by atoms with Crippen molar-refractivity contribution >= 4 is 16.8 Å². The van der Waals surface area contributed by atoms with E-state index in [1.807, 2.05) is 49.5 Å². The fraction of sp³-hybridized carbons (Fsp3) is 0.250. The Morgan fingerprint density at radius 3 is 2.84 bits per heavy atom. The fourth-order valence-corrected chi connectivity index (χ4v) is 2.76.